The standard InChI is InChI=1S/C18H16N4O2/c1-12-5-3-7-16(13(12)2)24-18-14(6-4-8-21-18)22-17(23)15-11-19-9-10-20-15/h3-11H,1-2H3,(H,22,23). The number of aromatic nitrogens is 3. The van der Waals surface area contributed by atoms with Crippen molar-refractivity contribution in [1.82, 2.24) is 15.0 Å². The number of hydrogen-bond acceptors (Lipinski definition) is 5. The Kier molecular flexibility index (Phi) is 4.47. The molecule has 2 aromatic heterocycles. The molecule has 3 aromatic rings. The third kappa shape index (κ3) is 3.38. The maximum atomic E-state index is 12.2. The number of nitrogens with zero attached hydrogens (tertiary/aromatic N) is 3. The SMILES string of the molecule is Cc1cccc(Oc2ncccc2NC(=O)c2cnccn2)c1C. The van der Waals surface area contributed by atoms with Crippen LogP contribution in [0.5, 0.6) is 11.6 Å². The van der Waals surface area contributed by atoms with Crippen molar-refractivity contribution in [3.8, 4) is 11.6 Å². The average molecular weight is 320 g/mol. The highest BCUT2D eigenvalue weighted by molar-refractivity contribution is 6.03. The van der Waals surface area contributed by atoms with Crippen LogP contribution < -0.4 is 10.1 Å². The van der Waals surface area contributed by atoms with Gasteiger partial charge in [-0.2, -0.15) is 0 Å². The van der Waals surface area contributed by atoms with Gasteiger partial charge in [-0.15, -0.1) is 0 Å². The highest BCUT2D eigenvalue weighted by atomic mass is 16.5. The molecule has 120 valence electrons. The Bertz CT molecular complexity index is 866. The summed E-state index contributed by atoms with van der Waals surface area (Å²) in [4.78, 5) is 24.3. The Morgan fingerprint density at radius 2 is 1.92 bits per heavy atom. The van der Waals surface area contributed by atoms with Crippen LogP contribution in [-0.2, 0) is 0 Å². The summed E-state index contributed by atoms with van der Waals surface area (Å²) in [5.74, 6) is 0.647. The van der Waals surface area contributed by atoms with Gasteiger partial charge in [0.1, 0.15) is 17.1 Å². The molecular weight excluding hydrogens is 304 g/mol. The van der Waals surface area contributed by atoms with E-state index in [0.29, 0.717) is 17.3 Å². The molecule has 6 heteroatoms. The van der Waals surface area contributed by atoms with Crippen LogP contribution in [0.25, 0.3) is 0 Å². The van der Waals surface area contributed by atoms with Gasteiger partial charge < -0.3 is 10.1 Å². The zero-order valence-corrected chi connectivity index (χ0v) is 13.4. The van der Waals surface area contributed by atoms with E-state index in [9.17, 15) is 4.79 Å². The summed E-state index contributed by atoms with van der Waals surface area (Å²) in [6.07, 6.45) is 5.98. The maximum Gasteiger partial charge on any atom is 0.276 e. The molecule has 0 radical (unpaired) electrons. The summed E-state index contributed by atoms with van der Waals surface area (Å²) in [5, 5.41) is 2.75. The van der Waals surface area contributed by atoms with E-state index in [1.54, 1.807) is 18.3 Å². The first-order valence-corrected chi connectivity index (χ1v) is 7.41. The van der Waals surface area contributed by atoms with Crippen molar-refractivity contribution in [2.24, 2.45) is 0 Å². The Morgan fingerprint density at radius 1 is 1.04 bits per heavy atom. The molecule has 24 heavy (non-hydrogen) atoms. The van der Waals surface area contributed by atoms with Gasteiger partial charge in [0.05, 0.1) is 6.20 Å². The Labute approximate surface area is 139 Å². The van der Waals surface area contributed by atoms with E-state index < -0.39 is 0 Å². The molecule has 2 heterocycles. The van der Waals surface area contributed by atoms with Crippen LogP contribution in [0.4, 0.5) is 5.69 Å². The van der Waals surface area contributed by atoms with Crippen LogP contribution in [-0.4, -0.2) is 20.9 Å². The van der Waals surface area contributed by atoms with Crippen molar-refractivity contribution >= 4 is 11.6 Å². The minimum atomic E-state index is -0.373. The number of hydrogen-bond donors (Lipinski definition) is 1. The van der Waals surface area contributed by atoms with E-state index in [1.165, 1.54) is 18.6 Å². The maximum absolute atomic E-state index is 12.2. The first kappa shape index (κ1) is 15.6. The number of rotatable bonds is 4. The number of carbonyl (C=O) groups excluding carboxylic acids is 1. The molecule has 1 aromatic carbocycles. The number of anilines is 1. The molecular formula is C18H16N4O2. The molecule has 0 unspecified atom stereocenters. The largest absolute Gasteiger partial charge is 0.437 e. The molecule has 1 amide bonds. The molecule has 0 aliphatic rings. The molecule has 3 rings (SSSR count). The van der Waals surface area contributed by atoms with Crippen molar-refractivity contribution < 1.29 is 9.53 Å². The number of pyridine rings is 1. The summed E-state index contributed by atoms with van der Waals surface area (Å²) in [5.41, 5.74) is 2.83. The highest BCUT2D eigenvalue weighted by Gasteiger charge is 2.13. The first-order chi connectivity index (χ1) is 11.6. The lowest BCUT2D eigenvalue weighted by molar-refractivity contribution is 0.102. The van der Waals surface area contributed by atoms with Crippen molar-refractivity contribution in [2.75, 3.05) is 5.32 Å². The molecule has 0 aliphatic heterocycles. The third-order valence-corrected chi connectivity index (χ3v) is 3.58. The van der Waals surface area contributed by atoms with Gasteiger partial charge in [-0.25, -0.2) is 9.97 Å². The van der Waals surface area contributed by atoms with Crippen LogP contribution in [0.2, 0.25) is 0 Å². The lowest BCUT2D eigenvalue weighted by Gasteiger charge is -2.13. The predicted molar refractivity (Wildman–Crippen MR) is 90.2 cm³/mol. The fourth-order valence-electron chi connectivity index (χ4n) is 2.11. The first-order valence-electron chi connectivity index (χ1n) is 7.41. The second kappa shape index (κ2) is 6.87. The van der Waals surface area contributed by atoms with Gasteiger partial charge in [0.25, 0.3) is 5.91 Å². The molecule has 0 fully saturated rings. The van der Waals surface area contributed by atoms with E-state index in [4.69, 9.17) is 4.74 Å². The van der Waals surface area contributed by atoms with Gasteiger partial charge in [0.2, 0.25) is 5.88 Å². The average Bonchev–Trinajstić information content (AvgIpc) is 2.61. The van der Waals surface area contributed by atoms with Crippen molar-refractivity contribution in [3.63, 3.8) is 0 Å². The van der Waals surface area contributed by atoms with Gasteiger partial charge in [-0.1, -0.05) is 12.1 Å². The van der Waals surface area contributed by atoms with E-state index in [0.717, 1.165) is 11.1 Å². The lowest BCUT2D eigenvalue weighted by Crippen LogP contribution is -2.14. The lowest BCUT2D eigenvalue weighted by atomic mass is 10.1. The topological polar surface area (TPSA) is 77.0 Å². The zero-order chi connectivity index (χ0) is 16.9. The minimum absolute atomic E-state index is 0.221. The summed E-state index contributed by atoms with van der Waals surface area (Å²) < 4.78 is 5.90. The number of carbonyl (C=O) groups is 1. The van der Waals surface area contributed by atoms with E-state index in [1.807, 2.05) is 32.0 Å². The summed E-state index contributed by atoms with van der Waals surface area (Å²) in [6.45, 7) is 3.99. The van der Waals surface area contributed by atoms with Gasteiger partial charge in [0.15, 0.2) is 0 Å². The van der Waals surface area contributed by atoms with Gasteiger partial charge in [0, 0.05) is 18.6 Å². The summed E-state index contributed by atoms with van der Waals surface area (Å²) in [6, 6.07) is 9.24. The van der Waals surface area contributed by atoms with Gasteiger partial charge in [-0.3, -0.25) is 9.78 Å². The normalized spacial score (nSPS) is 10.2. The number of nitrogens with one attached hydrogen (secondary N) is 1. The highest BCUT2D eigenvalue weighted by Crippen LogP contribution is 2.30. The number of amides is 1. The van der Waals surface area contributed by atoms with Gasteiger partial charge >= 0.3 is 0 Å². The van der Waals surface area contributed by atoms with Gasteiger partial charge in [-0.05, 0) is 43.2 Å². The summed E-state index contributed by atoms with van der Waals surface area (Å²) in [7, 11) is 0. The molecule has 0 saturated heterocycles. The Hall–Kier alpha value is -3.28. The fourth-order valence-corrected chi connectivity index (χ4v) is 2.11. The van der Waals surface area contributed by atoms with Crippen molar-refractivity contribution in [1.29, 1.82) is 0 Å². The molecule has 0 spiro atoms. The smallest absolute Gasteiger partial charge is 0.276 e. The Morgan fingerprint density at radius 3 is 2.71 bits per heavy atom. The molecule has 0 saturated carbocycles. The zero-order valence-electron chi connectivity index (χ0n) is 13.4. The van der Waals surface area contributed by atoms with E-state index >= 15 is 0 Å². The second-order valence-electron chi connectivity index (χ2n) is 5.20. The van der Waals surface area contributed by atoms with Crippen LogP contribution >= 0.6 is 0 Å². The Balaban J connectivity index is 1.86. The van der Waals surface area contributed by atoms with Crippen molar-refractivity contribution in [2.45, 2.75) is 13.8 Å². The van der Waals surface area contributed by atoms with Crippen LogP contribution in [0.1, 0.15) is 21.6 Å². The third-order valence-electron chi connectivity index (χ3n) is 3.58. The van der Waals surface area contributed by atoms with Crippen LogP contribution in [0.15, 0.2) is 55.1 Å². The molecule has 6 nitrogen and oxygen atoms in total. The molecule has 1 N–H and O–H groups in total. The second-order valence-corrected chi connectivity index (χ2v) is 5.20. The van der Waals surface area contributed by atoms with Crippen LogP contribution in [0.3, 0.4) is 0 Å². The minimum Gasteiger partial charge on any atom is -0.437 e. The van der Waals surface area contributed by atoms with E-state index in [-0.39, 0.29) is 11.6 Å². The number of aryl methyl sites for hydroxylation is 1. The quantitative estimate of drug-likeness (QED) is 0.795. The summed E-state index contributed by atoms with van der Waals surface area (Å²) >= 11 is 0. The predicted octanol–water partition coefficient (Wildman–Crippen LogP) is 3.53. The molecule has 0 aliphatic carbocycles. The van der Waals surface area contributed by atoms with Crippen molar-refractivity contribution in [3.05, 3.63) is 71.9 Å². The number of benzene rings is 1. The molecule has 0 bridgehead atoms. The van der Waals surface area contributed by atoms with E-state index in [2.05, 4.69) is 20.3 Å². The number of ether oxygens (including phenoxy) is 1. The molecule has 0 atom stereocenters. The van der Waals surface area contributed by atoms with Crippen LogP contribution in [0, 0.1) is 13.8 Å². The fraction of sp³-hybridized carbons (Fsp3) is 0.111. The monoisotopic (exact) mass is 320 g/mol.